The number of benzene rings is 1. The molecule has 5 heteroatoms. The van der Waals surface area contributed by atoms with E-state index < -0.39 is 0 Å². The third-order valence-corrected chi connectivity index (χ3v) is 3.75. The van der Waals surface area contributed by atoms with Crippen LogP contribution in [-0.4, -0.2) is 28.5 Å². The van der Waals surface area contributed by atoms with Crippen molar-refractivity contribution in [3.63, 3.8) is 0 Å². The molecule has 1 aromatic carbocycles. The summed E-state index contributed by atoms with van der Waals surface area (Å²) >= 11 is 3.50. The molecule has 0 spiro atoms. The Morgan fingerprint density at radius 1 is 1.00 bits per heavy atom. The first-order valence-corrected chi connectivity index (χ1v) is 5.56. The Morgan fingerprint density at radius 2 is 1.31 bits per heavy atom. The second kappa shape index (κ2) is 6.58. The summed E-state index contributed by atoms with van der Waals surface area (Å²) in [5.41, 5.74) is 4.17. The fourth-order valence-corrected chi connectivity index (χ4v) is 1.84. The van der Waals surface area contributed by atoms with E-state index in [4.69, 9.17) is 10.1 Å². The van der Waals surface area contributed by atoms with Gasteiger partial charge < -0.3 is 5.11 Å². The quantitative estimate of drug-likeness (QED) is 0.640. The van der Waals surface area contributed by atoms with Gasteiger partial charge in [0, 0.05) is 4.47 Å². The number of hydrogen-bond acceptors (Lipinski definition) is 3. The topological polar surface area (TPSA) is 60.7 Å². The first-order valence-electron chi connectivity index (χ1n) is 4.76. The van der Waals surface area contributed by atoms with Gasteiger partial charge in [0.05, 0.1) is 0 Å². The van der Waals surface area contributed by atoms with Crippen LogP contribution in [0, 0.1) is 27.7 Å². The minimum absolute atomic E-state index is 0.424. The zero-order chi connectivity index (χ0) is 12.9. The normalized spacial score (nSPS) is 9.56. The van der Waals surface area contributed by atoms with Gasteiger partial charge in [-0.1, -0.05) is 15.9 Å². The van der Waals surface area contributed by atoms with Gasteiger partial charge in [0.25, 0.3) is 0 Å². The molecule has 3 nitrogen and oxygen atoms in total. The van der Waals surface area contributed by atoms with Crippen LogP contribution in [0.25, 0.3) is 0 Å². The molecule has 0 saturated carbocycles. The molecule has 1 aromatic rings. The maximum atomic E-state index is 9.67. The van der Waals surface area contributed by atoms with Crippen LogP contribution in [0.15, 0.2) is 4.47 Å². The molecule has 0 amide bonds. The minimum atomic E-state index is 0.424. The van der Waals surface area contributed by atoms with Crippen LogP contribution in [0.3, 0.4) is 0 Å². The van der Waals surface area contributed by atoms with Gasteiger partial charge in [-0.25, -0.2) is 0 Å². The van der Waals surface area contributed by atoms with Crippen LogP contribution < -0.4 is 0 Å². The molecule has 0 aliphatic rings. The molecule has 0 saturated heterocycles. The predicted molar refractivity (Wildman–Crippen MR) is 70.7 cm³/mol. The summed E-state index contributed by atoms with van der Waals surface area (Å²) in [7, 11) is 0.556. The number of aliphatic hydroxyl groups excluding tert-OH is 1. The van der Waals surface area contributed by atoms with E-state index in [0.29, 0.717) is 19.0 Å². The molecule has 0 atom stereocenters. The molecular formula is C11H16BBrO3. The van der Waals surface area contributed by atoms with E-state index in [1.165, 1.54) is 0 Å². The summed E-state index contributed by atoms with van der Waals surface area (Å²) in [4.78, 5) is 0. The van der Waals surface area contributed by atoms with Gasteiger partial charge in [-0.05, 0) is 49.9 Å². The molecular weight excluding hydrogens is 271 g/mol. The van der Waals surface area contributed by atoms with Crippen molar-refractivity contribution in [1.29, 1.82) is 0 Å². The van der Waals surface area contributed by atoms with E-state index >= 15 is 0 Å². The summed E-state index contributed by atoms with van der Waals surface area (Å²) in [6, 6.07) is 0. The standard InChI is InChI=1S/C10H13BrO.CH3BO2/c1-5-7(3)10(12)8(4)6(2)9(5)11;3-1-2-4/h12H,1-4H3;1,3-4H. The second-order valence-electron chi connectivity index (χ2n) is 3.46. The molecule has 0 bridgehead atoms. The number of aromatic hydroxyl groups is 1. The Labute approximate surface area is 105 Å². The van der Waals surface area contributed by atoms with Crippen molar-refractivity contribution in [1.82, 2.24) is 0 Å². The van der Waals surface area contributed by atoms with Crippen LogP contribution in [0.5, 0.6) is 5.75 Å². The van der Waals surface area contributed by atoms with Crippen molar-refractivity contribution < 1.29 is 15.2 Å². The molecule has 0 unspecified atom stereocenters. The van der Waals surface area contributed by atoms with Crippen molar-refractivity contribution in [2.45, 2.75) is 27.7 Å². The Hall–Kier alpha value is -0.965. The van der Waals surface area contributed by atoms with Crippen molar-refractivity contribution in [2.24, 2.45) is 0 Å². The molecule has 3 N–H and O–H groups in total. The number of rotatable bonds is 0. The van der Waals surface area contributed by atoms with Gasteiger partial charge in [0.1, 0.15) is 5.75 Å². The molecule has 0 radical (unpaired) electrons. The van der Waals surface area contributed by atoms with Gasteiger partial charge in [-0.15, -0.1) is 0 Å². The zero-order valence-corrected chi connectivity index (χ0v) is 11.5. The van der Waals surface area contributed by atoms with Crippen molar-refractivity contribution in [2.75, 3.05) is 0 Å². The zero-order valence-electron chi connectivity index (χ0n) is 9.87. The third kappa shape index (κ3) is 3.27. The van der Waals surface area contributed by atoms with Gasteiger partial charge in [-0.2, -0.15) is 0 Å². The number of phenolic OH excluding ortho intramolecular Hbond substituents is 1. The summed E-state index contributed by atoms with van der Waals surface area (Å²) in [6.07, 6.45) is 0.556. The fraction of sp³-hybridized carbons (Fsp3) is 0.364. The Kier molecular flexibility index (Phi) is 6.18. The Bertz CT molecular complexity index is 294. The van der Waals surface area contributed by atoms with Crippen LogP contribution >= 0.6 is 15.9 Å². The molecule has 88 valence electrons. The SMILES string of the molecule is Cc1c(C)c(Br)c(C)c(C)c1O.OB=CO. The molecule has 16 heavy (non-hydrogen) atoms. The van der Waals surface area contributed by atoms with Crippen LogP contribution in [0.2, 0.25) is 0 Å². The van der Waals surface area contributed by atoms with E-state index in [1.54, 1.807) is 0 Å². The maximum absolute atomic E-state index is 9.67. The van der Waals surface area contributed by atoms with Gasteiger partial charge in [-0.3, -0.25) is 0 Å². The molecule has 1 rings (SSSR count). The number of halogens is 1. The molecule has 0 aromatic heterocycles. The average molecular weight is 287 g/mol. The molecule has 0 heterocycles. The summed E-state index contributed by atoms with van der Waals surface area (Å²) < 4.78 is 1.11. The van der Waals surface area contributed by atoms with Crippen LogP contribution in [0.1, 0.15) is 22.3 Å². The van der Waals surface area contributed by atoms with E-state index in [0.717, 1.165) is 26.7 Å². The molecule has 0 aliphatic heterocycles. The van der Waals surface area contributed by atoms with Crippen molar-refractivity contribution in [3.05, 3.63) is 26.7 Å². The summed E-state index contributed by atoms with van der Waals surface area (Å²) in [5.74, 6) is 0.424. The third-order valence-electron chi connectivity index (χ3n) is 2.56. The van der Waals surface area contributed by atoms with E-state index in [2.05, 4.69) is 15.9 Å². The van der Waals surface area contributed by atoms with Crippen LogP contribution in [0.4, 0.5) is 0 Å². The van der Waals surface area contributed by atoms with E-state index in [9.17, 15) is 5.11 Å². The van der Waals surface area contributed by atoms with Crippen LogP contribution in [-0.2, 0) is 0 Å². The number of phenols is 1. The number of aliphatic hydroxyl groups is 1. The number of hydrogen-bond donors (Lipinski definition) is 3. The first kappa shape index (κ1) is 15.0. The van der Waals surface area contributed by atoms with Gasteiger partial charge in [0.2, 0.25) is 0 Å². The molecule has 0 fully saturated rings. The van der Waals surface area contributed by atoms with Crippen molar-refractivity contribution in [3.8, 4) is 5.75 Å². The molecule has 0 aliphatic carbocycles. The monoisotopic (exact) mass is 286 g/mol. The van der Waals surface area contributed by atoms with E-state index in [1.807, 2.05) is 27.7 Å². The van der Waals surface area contributed by atoms with Gasteiger partial charge in [0.15, 0.2) is 0 Å². The fourth-order valence-electron chi connectivity index (χ4n) is 1.25. The second-order valence-corrected chi connectivity index (χ2v) is 4.25. The Morgan fingerprint density at radius 3 is 1.56 bits per heavy atom. The first-order chi connectivity index (χ1) is 7.38. The summed E-state index contributed by atoms with van der Waals surface area (Å²) in [6.45, 7) is 7.88. The summed E-state index contributed by atoms with van der Waals surface area (Å²) in [5, 5.41) is 24.6. The van der Waals surface area contributed by atoms with E-state index in [-0.39, 0.29) is 0 Å². The average Bonchev–Trinajstić information content (AvgIpc) is 2.31. The Balaban J connectivity index is 0.000000487. The predicted octanol–water partition coefficient (Wildman–Crippen LogP) is 2.12. The van der Waals surface area contributed by atoms with Crippen molar-refractivity contribution >= 4 is 29.2 Å². The van der Waals surface area contributed by atoms with Gasteiger partial charge >= 0.3 is 23.4 Å².